The van der Waals surface area contributed by atoms with Gasteiger partial charge in [-0.3, -0.25) is 4.79 Å². The molecule has 0 saturated carbocycles. The van der Waals surface area contributed by atoms with Gasteiger partial charge in [0.25, 0.3) is 5.91 Å². The number of amides is 3. The van der Waals surface area contributed by atoms with Crippen LogP contribution in [0.5, 0.6) is 0 Å². The summed E-state index contributed by atoms with van der Waals surface area (Å²) < 4.78 is 0. The zero-order valence-corrected chi connectivity index (χ0v) is 15.4. The van der Waals surface area contributed by atoms with Gasteiger partial charge in [0.05, 0.1) is 5.54 Å². The first kappa shape index (κ1) is 18.5. The van der Waals surface area contributed by atoms with Crippen LogP contribution in [0.4, 0.5) is 10.5 Å². The minimum Gasteiger partial charge on any atom is -0.306 e. The highest BCUT2D eigenvalue weighted by Crippen LogP contribution is 2.20. The smallest absolute Gasteiger partial charge is 0.306 e. The third-order valence-corrected chi connectivity index (χ3v) is 3.83. The Morgan fingerprint density at radius 1 is 0.880 bits per heavy atom. The van der Waals surface area contributed by atoms with Gasteiger partial charge in [-0.05, 0) is 57.9 Å². The van der Waals surface area contributed by atoms with E-state index in [1.54, 1.807) is 24.3 Å². The third kappa shape index (κ3) is 4.59. The number of aryl methyl sites for hydroxylation is 2. The molecule has 0 heterocycles. The Bertz CT molecular complexity index is 744. The fraction of sp³-hybridized carbons (Fsp3) is 0.300. The average molecular weight is 339 g/mol. The number of hydrazine groups is 1. The number of anilines is 1. The molecule has 2 N–H and O–H groups in total. The summed E-state index contributed by atoms with van der Waals surface area (Å²) in [4.78, 5) is 25.3. The lowest BCUT2D eigenvalue weighted by molar-refractivity contribution is 0.0460. The molecule has 0 aromatic heterocycles. The topological polar surface area (TPSA) is 61.4 Å². The molecule has 0 unspecified atom stereocenters. The van der Waals surface area contributed by atoms with E-state index in [9.17, 15) is 9.59 Å². The summed E-state index contributed by atoms with van der Waals surface area (Å²) in [6.07, 6.45) is 0. The van der Waals surface area contributed by atoms with E-state index in [0.29, 0.717) is 5.56 Å². The molecular weight excluding hydrogens is 314 g/mol. The highest BCUT2D eigenvalue weighted by molar-refractivity contribution is 5.98. The summed E-state index contributed by atoms with van der Waals surface area (Å²) in [5.41, 5.74) is 5.31. The maximum Gasteiger partial charge on any atom is 0.338 e. The van der Waals surface area contributed by atoms with Gasteiger partial charge in [0.15, 0.2) is 0 Å². The van der Waals surface area contributed by atoms with Crippen molar-refractivity contribution in [1.29, 1.82) is 0 Å². The summed E-state index contributed by atoms with van der Waals surface area (Å²) in [7, 11) is 0. The van der Waals surface area contributed by atoms with E-state index in [-0.39, 0.29) is 5.91 Å². The van der Waals surface area contributed by atoms with Crippen LogP contribution in [0.25, 0.3) is 0 Å². The van der Waals surface area contributed by atoms with Crippen molar-refractivity contribution < 1.29 is 9.59 Å². The highest BCUT2D eigenvalue weighted by Gasteiger charge is 2.29. The van der Waals surface area contributed by atoms with Gasteiger partial charge in [0, 0.05) is 11.3 Å². The minimum absolute atomic E-state index is 0.259. The first-order valence-electron chi connectivity index (χ1n) is 8.23. The Morgan fingerprint density at radius 3 is 1.96 bits per heavy atom. The molecule has 0 aliphatic carbocycles. The molecular formula is C20H25N3O2. The highest BCUT2D eigenvalue weighted by atomic mass is 16.2. The van der Waals surface area contributed by atoms with E-state index in [0.717, 1.165) is 16.8 Å². The van der Waals surface area contributed by atoms with Crippen molar-refractivity contribution in [3.63, 3.8) is 0 Å². The van der Waals surface area contributed by atoms with Crippen LogP contribution in [0.2, 0.25) is 0 Å². The van der Waals surface area contributed by atoms with Crippen LogP contribution in [0.1, 0.15) is 42.3 Å². The second kappa shape index (κ2) is 7.38. The van der Waals surface area contributed by atoms with Crippen LogP contribution in [-0.4, -0.2) is 22.5 Å². The van der Waals surface area contributed by atoms with Gasteiger partial charge in [-0.15, -0.1) is 0 Å². The lowest BCUT2D eigenvalue weighted by Crippen LogP contribution is -2.56. The largest absolute Gasteiger partial charge is 0.338 e. The van der Waals surface area contributed by atoms with Gasteiger partial charge >= 0.3 is 6.03 Å². The fourth-order valence-electron chi connectivity index (χ4n) is 2.49. The lowest BCUT2D eigenvalue weighted by Gasteiger charge is -2.35. The number of benzene rings is 2. The van der Waals surface area contributed by atoms with Crippen molar-refractivity contribution in [2.45, 2.75) is 40.2 Å². The first-order chi connectivity index (χ1) is 11.7. The van der Waals surface area contributed by atoms with E-state index in [1.165, 1.54) is 5.01 Å². The summed E-state index contributed by atoms with van der Waals surface area (Å²) in [6, 6.07) is 14.2. The Kier molecular flexibility index (Phi) is 5.47. The van der Waals surface area contributed by atoms with Gasteiger partial charge in [-0.25, -0.2) is 15.2 Å². The molecule has 0 bridgehead atoms. The quantitative estimate of drug-likeness (QED) is 0.802. The molecule has 3 amide bonds. The van der Waals surface area contributed by atoms with Crippen molar-refractivity contribution in [1.82, 2.24) is 10.4 Å². The van der Waals surface area contributed by atoms with Crippen molar-refractivity contribution >= 4 is 17.6 Å². The minimum atomic E-state index is -0.578. The molecule has 2 rings (SSSR count). The van der Waals surface area contributed by atoms with Crippen molar-refractivity contribution in [3.8, 4) is 0 Å². The second-order valence-electron chi connectivity index (χ2n) is 7.01. The van der Waals surface area contributed by atoms with E-state index in [1.807, 2.05) is 58.9 Å². The predicted octanol–water partition coefficient (Wildman–Crippen LogP) is 4.28. The standard InChI is InChI=1S/C20H25N3O2/c1-14-10-9-11-15(2)17(14)21-19(25)22-23(20(3,4)5)18(24)16-12-7-6-8-13-16/h6-13H,1-5H3,(H2,21,22,25). The molecule has 0 fully saturated rings. The molecule has 0 aliphatic rings. The number of hydrogen-bond donors (Lipinski definition) is 2. The Morgan fingerprint density at radius 2 is 1.44 bits per heavy atom. The molecule has 5 heteroatoms. The van der Waals surface area contributed by atoms with E-state index < -0.39 is 11.6 Å². The van der Waals surface area contributed by atoms with E-state index in [2.05, 4.69) is 10.7 Å². The molecule has 25 heavy (non-hydrogen) atoms. The van der Waals surface area contributed by atoms with Crippen LogP contribution in [0.3, 0.4) is 0 Å². The van der Waals surface area contributed by atoms with Crippen molar-refractivity contribution in [3.05, 3.63) is 65.2 Å². The number of nitrogens with zero attached hydrogens (tertiary/aromatic N) is 1. The molecule has 0 atom stereocenters. The van der Waals surface area contributed by atoms with Gasteiger partial charge < -0.3 is 5.32 Å². The molecule has 0 saturated heterocycles. The van der Waals surface area contributed by atoms with Crippen LogP contribution in [0.15, 0.2) is 48.5 Å². The number of urea groups is 1. The number of nitrogens with one attached hydrogen (secondary N) is 2. The summed E-state index contributed by atoms with van der Waals surface area (Å²) in [5.74, 6) is -0.259. The Balaban J connectivity index is 2.20. The van der Waals surface area contributed by atoms with E-state index >= 15 is 0 Å². The van der Waals surface area contributed by atoms with Crippen LogP contribution in [-0.2, 0) is 0 Å². The second-order valence-corrected chi connectivity index (χ2v) is 7.01. The zero-order chi connectivity index (χ0) is 18.6. The molecule has 2 aromatic rings. The van der Waals surface area contributed by atoms with Gasteiger partial charge in [0.1, 0.15) is 0 Å². The molecule has 5 nitrogen and oxygen atoms in total. The van der Waals surface area contributed by atoms with Gasteiger partial charge in [-0.2, -0.15) is 0 Å². The normalized spacial score (nSPS) is 10.9. The maximum absolute atomic E-state index is 12.8. The average Bonchev–Trinajstić information content (AvgIpc) is 2.55. The number of rotatable bonds is 2. The fourth-order valence-corrected chi connectivity index (χ4v) is 2.49. The number of hydrogen-bond acceptors (Lipinski definition) is 2. The molecule has 0 radical (unpaired) electrons. The van der Waals surface area contributed by atoms with E-state index in [4.69, 9.17) is 0 Å². The third-order valence-electron chi connectivity index (χ3n) is 3.83. The number of carbonyl (C=O) groups excluding carboxylic acids is 2. The Labute approximate surface area is 149 Å². The molecule has 2 aromatic carbocycles. The van der Waals surface area contributed by atoms with Crippen LogP contribution >= 0.6 is 0 Å². The maximum atomic E-state index is 12.8. The zero-order valence-electron chi connectivity index (χ0n) is 15.4. The molecule has 0 spiro atoms. The summed E-state index contributed by atoms with van der Waals surface area (Å²) in [5, 5.41) is 4.20. The Hall–Kier alpha value is -2.82. The summed E-state index contributed by atoms with van der Waals surface area (Å²) >= 11 is 0. The molecule has 132 valence electrons. The van der Waals surface area contributed by atoms with Gasteiger partial charge in [-0.1, -0.05) is 36.4 Å². The van der Waals surface area contributed by atoms with Crippen LogP contribution < -0.4 is 10.7 Å². The van der Waals surface area contributed by atoms with Crippen molar-refractivity contribution in [2.24, 2.45) is 0 Å². The van der Waals surface area contributed by atoms with Gasteiger partial charge in [0.2, 0.25) is 0 Å². The van der Waals surface area contributed by atoms with Crippen molar-refractivity contribution in [2.75, 3.05) is 5.32 Å². The summed E-state index contributed by atoms with van der Waals surface area (Å²) in [6.45, 7) is 9.46. The predicted molar refractivity (Wildman–Crippen MR) is 100 cm³/mol. The van der Waals surface area contributed by atoms with Crippen LogP contribution in [0, 0.1) is 13.8 Å². The first-order valence-corrected chi connectivity index (χ1v) is 8.23. The lowest BCUT2D eigenvalue weighted by atomic mass is 10.1. The SMILES string of the molecule is Cc1cccc(C)c1NC(=O)NN(C(=O)c1ccccc1)C(C)(C)C. The number of carbonyl (C=O) groups is 2. The molecule has 0 aliphatic heterocycles. The monoisotopic (exact) mass is 339 g/mol. The number of para-hydroxylation sites is 1.